The van der Waals surface area contributed by atoms with Gasteiger partial charge in [0.1, 0.15) is 0 Å². The van der Waals surface area contributed by atoms with Gasteiger partial charge in [-0.15, -0.1) is 0 Å². The summed E-state index contributed by atoms with van der Waals surface area (Å²) in [5.74, 6) is -1.01. The molecule has 0 spiro atoms. The van der Waals surface area contributed by atoms with Crippen molar-refractivity contribution in [1.82, 2.24) is 5.32 Å². The Hall–Kier alpha value is -2.21. The first-order chi connectivity index (χ1) is 11.6. The van der Waals surface area contributed by atoms with Crippen molar-refractivity contribution >= 4 is 17.7 Å². The second-order valence-corrected chi connectivity index (χ2v) is 5.76. The number of ether oxygens (including phenoxy) is 2. The average molecular weight is 333 g/mol. The highest BCUT2D eigenvalue weighted by Crippen LogP contribution is 2.23. The molecule has 0 unspecified atom stereocenters. The van der Waals surface area contributed by atoms with Gasteiger partial charge in [0.2, 0.25) is 0 Å². The van der Waals surface area contributed by atoms with Gasteiger partial charge in [0.15, 0.2) is 12.4 Å². The molecule has 6 nitrogen and oxygen atoms in total. The number of aryl methyl sites for hydroxylation is 2. The minimum absolute atomic E-state index is 0.0265. The Labute approximate surface area is 141 Å². The topological polar surface area (TPSA) is 81.7 Å². The number of rotatable bonds is 9. The minimum atomic E-state index is -0.550. The molecule has 130 valence electrons. The van der Waals surface area contributed by atoms with E-state index in [2.05, 4.69) is 5.32 Å². The van der Waals surface area contributed by atoms with E-state index in [0.717, 1.165) is 19.3 Å². The van der Waals surface area contributed by atoms with Crippen LogP contribution in [0.3, 0.4) is 0 Å². The smallest absolute Gasteiger partial charge is 0.306 e. The summed E-state index contributed by atoms with van der Waals surface area (Å²) in [5.41, 5.74) is 3.18. The van der Waals surface area contributed by atoms with E-state index in [1.165, 1.54) is 18.2 Å². The maximum atomic E-state index is 12.2. The number of ketones is 1. The van der Waals surface area contributed by atoms with Gasteiger partial charge < -0.3 is 14.8 Å². The third kappa shape index (κ3) is 5.45. The van der Waals surface area contributed by atoms with Crippen LogP contribution in [0, 0.1) is 0 Å². The van der Waals surface area contributed by atoms with Crippen LogP contribution in [-0.4, -0.2) is 44.5 Å². The molecular weight excluding hydrogens is 310 g/mol. The standard InChI is InChI=1S/C18H23NO5/c1-23-10-9-19-17(21)12-24-18(22)8-7-16(20)15-6-5-13-3-2-4-14(13)11-15/h5-6,11H,2-4,7-10,12H2,1H3,(H,19,21). The van der Waals surface area contributed by atoms with E-state index in [9.17, 15) is 14.4 Å². The third-order valence-corrected chi connectivity index (χ3v) is 3.97. The average Bonchev–Trinajstić information content (AvgIpc) is 3.05. The van der Waals surface area contributed by atoms with Crippen LogP contribution in [0.5, 0.6) is 0 Å². The summed E-state index contributed by atoms with van der Waals surface area (Å²) in [7, 11) is 1.53. The number of hydrogen-bond acceptors (Lipinski definition) is 5. The maximum Gasteiger partial charge on any atom is 0.306 e. The Morgan fingerprint density at radius 3 is 2.71 bits per heavy atom. The number of benzene rings is 1. The third-order valence-electron chi connectivity index (χ3n) is 3.97. The van der Waals surface area contributed by atoms with Crippen LogP contribution in [0.4, 0.5) is 0 Å². The predicted molar refractivity (Wildman–Crippen MR) is 87.9 cm³/mol. The van der Waals surface area contributed by atoms with Gasteiger partial charge in [0.05, 0.1) is 13.0 Å². The zero-order valence-electron chi connectivity index (χ0n) is 13.9. The quantitative estimate of drug-likeness (QED) is 0.420. The molecular formula is C18H23NO5. The van der Waals surface area contributed by atoms with Crippen molar-refractivity contribution in [2.75, 3.05) is 26.9 Å². The molecule has 1 aromatic rings. The second kappa shape index (κ2) is 9.17. The van der Waals surface area contributed by atoms with E-state index in [1.807, 2.05) is 18.2 Å². The summed E-state index contributed by atoms with van der Waals surface area (Å²) in [6, 6.07) is 5.75. The van der Waals surface area contributed by atoms with E-state index in [-0.39, 0.29) is 31.1 Å². The molecule has 0 aromatic heterocycles. The molecule has 0 saturated heterocycles. The van der Waals surface area contributed by atoms with Gasteiger partial charge in [-0.1, -0.05) is 12.1 Å². The molecule has 1 N–H and O–H groups in total. The van der Waals surface area contributed by atoms with Crippen molar-refractivity contribution in [3.63, 3.8) is 0 Å². The van der Waals surface area contributed by atoms with E-state index < -0.39 is 5.97 Å². The first-order valence-electron chi connectivity index (χ1n) is 8.16. The molecule has 1 aromatic carbocycles. The highest BCUT2D eigenvalue weighted by molar-refractivity contribution is 5.97. The Bertz CT molecular complexity index is 611. The molecule has 0 radical (unpaired) electrons. The van der Waals surface area contributed by atoms with Gasteiger partial charge in [-0.2, -0.15) is 0 Å². The lowest BCUT2D eigenvalue weighted by Gasteiger charge is -2.07. The van der Waals surface area contributed by atoms with Crippen LogP contribution in [0.1, 0.15) is 40.7 Å². The molecule has 1 amide bonds. The van der Waals surface area contributed by atoms with Crippen LogP contribution in [0.15, 0.2) is 18.2 Å². The van der Waals surface area contributed by atoms with Gasteiger partial charge in [-0.3, -0.25) is 14.4 Å². The van der Waals surface area contributed by atoms with Crippen molar-refractivity contribution in [3.05, 3.63) is 34.9 Å². The first kappa shape index (κ1) is 18.1. The number of carbonyl (C=O) groups is 3. The number of methoxy groups -OCH3 is 1. The SMILES string of the molecule is COCCNC(=O)COC(=O)CCC(=O)c1ccc2c(c1)CCC2. The normalized spacial score (nSPS) is 12.5. The van der Waals surface area contributed by atoms with Crippen molar-refractivity contribution in [2.45, 2.75) is 32.1 Å². The monoisotopic (exact) mass is 333 g/mol. The fourth-order valence-electron chi connectivity index (χ4n) is 2.67. The lowest BCUT2D eigenvalue weighted by Crippen LogP contribution is -2.31. The van der Waals surface area contributed by atoms with Crippen molar-refractivity contribution in [3.8, 4) is 0 Å². The summed E-state index contributed by atoms with van der Waals surface area (Å²) >= 11 is 0. The Morgan fingerprint density at radius 2 is 1.92 bits per heavy atom. The molecule has 2 rings (SSSR count). The molecule has 1 aliphatic rings. The zero-order chi connectivity index (χ0) is 17.4. The summed E-state index contributed by atoms with van der Waals surface area (Å²) in [6.07, 6.45) is 3.27. The lowest BCUT2D eigenvalue weighted by molar-refractivity contribution is -0.148. The van der Waals surface area contributed by atoms with Crippen LogP contribution < -0.4 is 5.32 Å². The van der Waals surface area contributed by atoms with Crippen LogP contribution in [0.25, 0.3) is 0 Å². The highest BCUT2D eigenvalue weighted by atomic mass is 16.5. The Morgan fingerprint density at radius 1 is 1.12 bits per heavy atom. The van der Waals surface area contributed by atoms with E-state index in [4.69, 9.17) is 9.47 Å². The fraction of sp³-hybridized carbons (Fsp3) is 0.500. The molecule has 0 atom stereocenters. The number of esters is 1. The number of nitrogens with one attached hydrogen (secondary N) is 1. The van der Waals surface area contributed by atoms with Gasteiger partial charge in [0.25, 0.3) is 5.91 Å². The minimum Gasteiger partial charge on any atom is -0.456 e. The van der Waals surface area contributed by atoms with Gasteiger partial charge in [-0.25, -0.2) is 0 Å². The van der Waals surface area contributed by atoms with E-state index >= 15 is 0 Å². The molecule has 24 heavy (non-hydrogen) atoms. The molecule has 0 heterocycles. The number of carbonyl (C=O) groups excluding carboxylic acids is 3. The van der Waals surface area contributed by atoms with Crippen LogP contribution >= 0.6 is 0 Å². The number of fused-ring (bicyclic) bond motifs is 1. The van der Waals surface area contributed by atoms with Crippen molar-refractivity contribution in [2.24, 2.45) is 0 Å². The molecule has 0 fully saturated rings. The van der Waals surface area contributed by atoms with Gasteiger partial charge in [0, 0.05) is 25.6 Å². The summed E-state index contributed by atoms with van der Waals surface area (Å²) in [6.45, 7) is 0.425. The Kier molecular flexibility index (Phi) is 6.93. The highest BCUT2D eigenvalue weighted by Gasteiger charge is 2.15. The predicted octanol–water partition coefficient (Wildman–Crippen LogP) is 1.44. The number of Topliss-reactive ketones (excluding diaryl/α,β-unsaturated/α-hetero) is 1. The molecule has 1 aliphatic carbocycles. The van der Waals surface area contributed by atoms with Crippen LogP contribution in [-0.2, 0) is 31.9 Å². The van der Waals surface area contributed by atoms with E-state index in [1.54, 1.807) is 0 Å². The van der Waals surface area contributed by atoms with Crippen molar-refractivity contribution < 1.29 is 23.9 Å². The Balaban J connectivity index is 1.69. The summed E-state index contributed by atoms with van der Waals surface area (Å²) in [5, 5.41) is 2.55. The molecule has 6 heteroatoms. The molecule has 0 saturated carbocycles. The summed E-state index contributed by atoms with van der Waals surface area (Å²) < 4.78 is 9.64. The van der Waals surface area contributed by atoms with Gasteiger partial charge >= 0.3 is 5.97 Å². The van der Waals surface area contributed by atoms with E-state index in [0.29, 0.717) is 18.7 Å². The fourth-order valence-corrected chi connectivity index (χ4v) is 2.67. The lowest BCUT2D eigenvalue weighted by atomic mass is 10.0. The zero-order valence-corrected chi connectivity index (χ0v) is 13.9. The maximum absolute atomic E-state index is 12.2. The van der Waals surface area contributed by atoms with Crippen LogP contribution in [0.2, 0.25) is 0 Å². The second-order valence-electron chi connectivity index (χ2n) is 5.76. The first-order valence-corrected chi connectivity index (χ1v) is 8.16. The van der Waals surface area contributed by atoms with Gasteiger partial charge in [-0.05, 0) is 36.5 Å². The molecule has 0 aliphatic heterocycles. The molecule has 0 bridgehead atoms. The summed E-state index contributed by atoms with van der Waals surface area (Å²) in [4.78, 5) is 35.2. The number of amides is 1. The number of hydrogen-bond donors (Lipinski definition) is 1. The largest absolute Gasteiger partial charge is 0.456 e. The van der Waals surface area contributed by atoms with Crippen molar-refractivity contribution in [1.29, 1.82) is 0 Å².